The highest BCUT2D eigenvalue weighted by Gasteiger charge is 2.32. The minimum atomic E-state index is 0.0775. The summed E-state index contributed by atoms with van der Waals surface area (Å²) in [5, 5.41) is 0.373. The van der Waals surface area contributed by atoms with E-state index in [4.69, 9.17) is 11.6 Å². The summed E-state index contributed by atoms with van der Waals surface area (Å²) >= 11 is 5.78. The van der Waals surface area contributed by atoms with Gasteiger partial charge in [0.2, 0.25) is 0 Å². The minimum Gasteiger partial charge on any atom is -0.336 e. The number of halogens is 1. The molecule has 0 bridgehead atoms. The number of rotatable bonds is 4. The second-order valence-corrected chi connectivity index (χ2v) is 4.48. The maximum atomic E-state index is 12.2. The van der Waals surface area contributed by atoms with Crippen LogP contribution in [0.5, 0.6) is 0 Å². The van der Waals surface area contributed by atoms with Crippen molar-refractivity contribution in [3.05, 3.63) is 29.0 Å². The van der Waals surface area contributed by atoms with Gasteiger partial charge in [-0.1, -0.05) is 18.5 Å². The summed E-state index contributed by atoms with van der Waals surface area (Å²) in [7, 11) is 0. The van der Waals surface area contributed by atoms with E-state index in [1.54, 1.807) is 18.3 Å². The standard InChI is InChI=1S/C12H15ClN2O/c1-2-7-15(10-3-4-10)12(16)9-5-6-14-11(13)8-9/h5-6,8,10H,2-4,7H2,1H3. The van der Waals surface area contributed by atoms with Crippen molar-refractivity contribution < 1.29 is 4.79 Å². The van der Waals surface area contributed by atoms with Crippen molar-refractivity contribution >= 4 is 17.5 Å². The number of hydrogen-bond donors (Lipinski definition) is 0. The number of hydrogen-bond acceptors (Lipinski definition) is 2. The topological polar surface area (TPSA) is 33.2 Å². The molecule has 0 aliphatic heterocycles. The van der Waals surface area contributed by atoms with Crippen molar-refractivity contribution in [1.82, 2.24) is 9.88 Å². The molecule has 0 spiro atoms. The molecule has 1 aromatic rings. The third-order valence-electron chi connectivity index (χ3n) is 2.69. The van der Waals surface area contributed by atoms with Gasteiger partial charge in [-0.3, -0.25) is 4.79 Å². The van der Waals surface area contributed by atoms with Crippen molar-refractivity contribution in [2.24, 2.45) is 0 Å². The van der Waals surface area contributed by atoms with Crippen molar-refractivity contribution in [2.45, 2.75) is 32.2 Å². The normalized spacial score (nSPS) is 14.9. The SMILES string of the molecule is CCCN(C(=O)c1ccnc(Cl)c1)C1CC1. The van der Waals surface area contributed by atoms with E-state index in [1.165, 1.54) is 0 Å². The Labute approximate surface area is 100 Å². The van der Waals surface area contributed by atoms with Gasteiger partial charge >= 0.3 is 0 Å². The molecule has 1 heterocycles. The number of amides is 1. The molecular formula is C12H15ClN2O. The van der Waals surface area contributed by atoms with Crippen molar-refractivity contribution in [2.75, 3.05) is 6.54 Å². The van der Waals surface area contributed by atoms with E-state index in [0.717, 1.165) is 25.8 Å². The first-order valence-corrected chi connectivity index (χ1v) is 6.02. The molecule has 3 nitrogen and oxygen atoms in total. The maximum Gasteiger partial charge on any atom is 0.254 e. The fourth-order valence-corrected chi connectivity index (χ4v) is 1.95. The van der Waals surface area contributed by atoms with E-state index in [-0.39, 0.29) is 5.91 Å². The molecule has 2 rings (SSSR count). The number of carbonyl (C=O) groups is 1. The highest BCUT2D eigenvalue weighted by Crippen LogP contribution is 2.28. The largest absolute Gasteiger partial charge is 0.336 e. The molecule has 0 unspecified atom stereocenters. The molecule has 86 valence electrons. The second-order valence-electron chi connectivity index (χ2n) is 4.10. The molecule has 4 heteroatoms. The van der Waals surface area contributed by atoms with Crippen molar-refractivity contribution in [3.63, 3.8) is 0 Å². The monoisotopic (exact) mass is 238 g/mol. The van der Waals surface area contributed by atoms with Gasteiger partial charge in [0.25, 0.3) is 5.91 Å². The van der Waals surface area contributed by atoms with Gasteiger partial charge in [0.05, 0.1) is 0 Å². The lowest BCUT2D eigenvalue weighted by atomic mass is 10.2. The van der Waals surface area contributed by atoms with Gasteiger partial charge in [-0.15, -0.1) is 0 Å². The van der Waals surface area contributed by atoms with E-state index in [2.05, 4.69) is 11.9 Å². The Bertz CT molecular complexity index is 390. The Morgan fingerprint density at radius 2 is 2.38 bits per heavy atom. The van der Waals surface area contributed by atoms with Crippen LogP contribution in [0, 0.1) is 0 Å². The van der Waals surface area contributed by atoms with Crippen LogP contribution in [0.1, 0.15) is 36.5 Å². The van der Waals surface area contributed by atoms with Crippen molar-refractivity contribution in [1.29, 1.82) is 0 Å². The Morgan fingerprint density at radius 3 is 2.94 bits per heavy atom. The first-order valence-electron chi connectivity index (χ1n) is 5.65. The minimum absolute atomic E-state index is 0.0775. The fraction of sp³-hybridized carbons (Fsp3) is 0.500. The predicted molar refractivity (Wildman–Crippen MR) is 63.6 cm³/mol. The van der Waals surface area contributed by atoms with E-state index in [0.29, 0.717) is 16.8 Å². The lowest BCUT2D eigenvalue weighted by Gasteiger charge is -2.21. The molecule has 1 aliphatic rings. The van der Waals surface area contributed by atoms with Gasteiger partial charge in [-0.25, -0.2) is 4.98 Å². The molecule has 0 radical (unpaired) electrons. The maximum absolute atomic E-state index is 12.2. The summed E-state index contributed by atoms with van der Waals surface area (Å²) in [6.07, 6.45) is 4.82. The van der Waals surface area contributed by atoms with Crippen LogP contribution >= 0.6 is 11.6 Å². The first kappa shape index (κ1) is 11.4. The molecule has 1 aromatic heterocycles. The van der Waals surface area contributed by atoms with Gasteiger partial charge < -0.3 is 4.90 Å². The lowest BCUT2D eigenvalue weighted by Crippen LogP contribution is -2.33. The molecule has 1 saturated carbocycles. The molecule has 16 heavy (non-hydrogen) atoms. The van der Waals surface area contributed by atoms with Gasteiger partial charge in [-0.2, -0.15) is 0 Å². The smallest absolute Gasteiger partial charge is 0.254 e. The predicted octanol–water partition coefficient (Wildman–Crippen LogP) is 2.75. The number of carbonyl (C=O) groups excluding carboxylic acids is 1. The van der Waals surface area contributed by atoms with E-state index in [1.807, 2.05) is 4.90 Å². The van der Waals surface area contributed by atoms with E-state index in [9.17, 15) is 4.79 Å². The van der Waals surface area contributed by atoms with Crippen LogP contribution in [0.4, 0.5) is 0 Å². The number of nitrogens with zero attached hydrogens (tertiary/aromatic N) is 2. The second kappa shape index (κ2) is 4.83. The molecule has 0 saturated heterocycles. The third-order valence-corrected chi connectivity index (χ3v) is 2.89. The van der Waals surface area contributed by atoms with Crippen LogP contribution in [0.3, 0.4) is 0 Å². The Hall–Kier alpha value is -1.09. The Kier molecular flexibility index (Phi) is 3.44. The molecule has 0 atom stereocenters. The Balaban J connectivity index is 2.15. The fourth-order valence-electron chi connectivity index (χ4n) is 1.78. The summed E-state index contributed by atoms with van der Waals surface area (Å²) in [6, 6.07) is 3.80. The van der Waals surface area contributed by atoms with Crippen LogP contribution in [-0.2, 0) is 0 Å². The van der Waals surface area contributed by atoms with Gasteiger partial charge in [0.15, 0.2) is 0 Å². The first-order chi connectivity index (χ1) is 7.72. The van der Waals surface area contributed by atoms with E-state index < -0.39 is 0 Å². The summed E-state index contributed by atoms with van der Waals surface area (Å²) in [5.74, 6) is 0.0775. The molecular weight excluding hydrogens is 224 g/mol. The zero-order chi connectivity index (χ0) is 11.5. The summed E-state index contributed by atoms with van der Waals surface area (Å²) < 4.78 is 0. The van der Waals surface area contributed by atoms with Gasteiger partial charge in [0, 0.05) is 24.3 Å². The van der Waals surface area contributed by atoms with Crippen LogP contribution in [-0.4, -0.2) is 28.4 Å². The van der Waals surface area contributed by atoms with Crippen LogP contribution < -0.4 is 0 Å². The van der Waals surface area contributed by atoms with Gasteiger partial charge in [0.1, 0.15) is 5.15 Å². The molecule has 0 N–H and O–H groups in total. The molecule has 1 amide bonds. The quantitative estimate of drug-likeness (QED) is 0.756. The van der Waals surface area contributed by atoms with Crippen LogP contribution in [0.15, 0.2) is 18.3 Å². The highest BCUT2D eigenvalue weighted by molar-refractivity contribution is 6.29. The summed E-state index contributed by atoms with van der Waals surface area (Å²) in [4.78, 5) is 18.0. The number of pyridine rings is 1. The molecule has 0 aromatic carbocycles. The zero-order valence-electron chi connectivity index (χ0n) is 9.32. The summed E-state index contributed by atoms with van der Waals surface area (Å²) in [6.45, 7) is 2.91. The highest BCUT2D eigenvalue weighted by atomic mass is 35.5. The van der Waals surface area contributed by atoms with Crippen molar-refractivity contribution in [3.8, 4) is 0 Å². The molecule has 1 fully saturated rings. The average molecular weight is 239 g/mol. The van der Waals surface area contributed by atoms with Crippen LogP contribution in [0.25, 0.3) is 0 Å². The number of aromatic nitrogens is 1. The third kappa shape index (κ3) is 2.53. The lowest BCUT2D eigenvalue weighted by molar-refractivity contribution is 0.0743. The molecule has 1 aliphatic carbocycles. The Morgan fingerprint density at radius 1 is 1.62 bits per heavy atom. The van der Waals surface area contributed by atoms with E-state index >= 15 is 0 Å². The van der Waals surface area contributed by atoms with Gasteiger partial charge in [-0.05, 0) is 31.4 Å². The van der Waals surface area contributed by atoms with Crippen LogP contribution in [0.2, 0.25) is 5.15 Å². The zero-order valence-corrected chi connectivity index (χ0v) is 10.1. The average Bonchev–Trinajstić information content (AvgIpc) is 3.09. The summed E-state index contributed by atoms with van der Waals surface area (Å²) in [5.41, 5.74) is 0.639.